The molecule has 6 nitrogen and oxygen atoms in total. The van der Waals surface area contributed by atoms with Gasteiger partial charge in [0, 0.05) is 11.1 Å². The van der Waals surface area contributed by atoms with Crippen molar-refractivity contribution in [2.45, 2.75) is 6.92 Å². The number of aromatic nitrogens is 3. The Labute approximate surface area is 159 Å². The van der Waals surface area contributed by atoms with Gasteiger partial charge in [0.25, 0.3) is 5.91 Å². The smallest absolute Gasteiger partial charge is 0.257 e. The van der Waals surface area contributed by atoms with Gasteiger partial charge in [0.15, 0.2) is 5.82 Å². The minimum absolute atomic E-state index is 0.221. The SMILES string of the molecule is Cc1cc(C(=O)Nc2c(C#N)cnn2-c2ccccc2)c2cc(F)ccc2n1. The lowest BCUT2D eigenvalue weighted by Gasteiger charge is -2.11. The maximum atomic E-state index is 13.7. The molecule has 0 bridgehead atoms. The average molecular weight is 371 g/mol. The monoisotopic (exact) mass is 371 g/mol. The van der Waals surface area contributed by atoms with Crippen LogP contribution in [0, 0.1) is 24.1 Å². The minimum Gasteiger partial charge on any atom is -0.305 e. The van der Waals surface area contributed by atoms with Gasteiger partial charge < -0.3 is 5.32 Å². The van der Waals surface area contributed by atoms with Crippen LogP contribution in [0.4, 0.5) is 10.2 Å². The van der Waals surface area contributed by atoms with Crippen LogP contribution in [-0.4, -0.2) is 20.7 Å². The lowest BCUT2D eigenvalue weighted by molar-refractivity contribution is 0.102. The molecule has 0 radical (unpaired) electrons. The second-order valence-corrected chi connectivity index (χ2v) is 6.19. The van der Waals surface area contributed by atoms with Crippen molar-refractivity contribution in [2.75, 3.05) is 5.32 Å². The fourth-order valence-corrected chi connectivity index (χ4v) is 3.01. The van der Waals surface area contributed by atoms with Crippen molar-refractivity contribution in [3.05, 3.63) is 83.4 Å². The number of hydrogen-bond donors (Lipinski definition) is 1. The summed E-state index contributed by atoms with van der Waals surface area (Å²) in [6.45, 7) is 1.76. The second-order valence-electron chi connectivity index (χ2n) is 6.19. The first kappa shape index (κ1) is 17.4. The molecule has 2 aromatic heterocycles. The van der Waals surface area contributed by atoms with Crippen LogP contribution in [-0.2, 0) is 0 Å². The van der Waals surface area contributed by atoms with E-state index in [0.717, 1.165) is 0 Å². The number of rotatable bonds is 3. The topological polar surface area (TPSA) is 83.6 Å². The zero-order valence-electron chi connectivity index (χ0n) is 14.8. The summed E-state index contributed by atoms with van der Waals surface area (Å²) in [5.41, 5.74) is 2.33. The molecule has 1 amide bonds. The molecule has 0 saturated heterocycles. The molecule has 2 heterocycles. The number of para-hydroxylation sites is 1. The highest BCUT2D eigenvalue weighted by molar-refractivity contribution is 6.12. The van der Waals surface area contributed by atoms with E-state index in [1.165, 1.54) is 29.1 Å². The Hall–Kier alpha value is -4.05. The molecule has 2 aromatic carbocycles. The molecule has 136 valence electrons. The van der Waals surface area contributed by atoms with Crippen molar-refractivity contribution in [1.29, 1.82) is 5.26 Å². The number of fused-ring (bicyclic) bond motifs is 1. The Balaban J connectivity index is 1.80. The van der Waals surface area contributed by atoms with E-state index in [1.54, 1.807) is 13.0 Å². The van der Waals surface area contributed by atoms with Crippen molar-refractivity contribution >= 4 is 22.6 Å². The van der Waals surface area contributed by atoms with E-state index in [9.17, 15) is 14.4 Å². The molecule has 0 unspecified atom stereocenters. The van der Waals surface area contributed by atoms with Gasteiger partial charge in [0.1, 0.15) is 17.4 Å². The summed E-state index contributed by atoms with van der Waals surface area (Å²) in [5.74, 6) is -0.688. The molecule has 4 rings (SSSR count). The zero-order valence-corrected chi connectivity index (χ0v) is 14.8. The van der Waals surface area contributed by atoms with Gasteiger partial charge in [0.2, 0.25) is 0 Å². The number of hydrogen-bond acceptors (Lipinski definition) is 4. The van der Waals surface area contributed by atoms with Gasteiger partial charge in [-0.25, -0.2) is 9.07 Å². The van der Waals surface area contributed by atoms with Crippen LogP contribution in [0.15, 0.2) is 60.8 Å². The Morgan fingerprint density at radius 3 is 2.71 bits per heavy atom. The number of halogens is 1. The summed E-state index contributed by atoms with van der Waals surface area (Å²) in [5, 5.41) is 16.8. The van der Waals surface area contributed by atoms with Gasteiger partial charge in [-0.15, -0.1) is 0 Å². The normalized spacial score (nSPS) is 10.6. The molecule has 7 heteroatoms. The largest absolute Gasteiger partial charge is 0.305 e. The van der Waals surface area contributed by atoms with E-state index in [-0.39, 0.29) is 16.9 Å². The molecule has 28 heavy (non-hydrogen) atoms. The maximum Gasteiger partial charge on any atom is 0.257 e. The van der Waals surface area contributed by atoms with E-state index >= 15 is 0 Å². The quantitative estimate of drug-likeness (QED) is 0.590. The van der Waals surface area contributed by atoms with Crippen molar-refractivity contribution in [2.24, 2.45) is 0 Å². The van der Waals surface area contributed by atoms with Crippen molar-refractivity contribution < 1.29 is 9.18 Å². The molecule has 1 N–H and O–H groups in total. The lowest BCUT2D eigenvalue weighted by atomic mass is 10.1. The van der Waals surface area contributed by atoms with Crippen LogP contribution >= 0.6 is 0 Å². The number of carbonyl (C=O) groups is 1. The highest BCUT2D eigenvalue weighted by Crippen LogP contribution is 2.24. The van der Waals surface area contributed by atoms with E-state index < -0.39 is 11.7 Å². The highest BCUT2D eigenvalue weighted by Gasteiger charge is 2.18. The summed E-state index contributed by atoms with van der Waals surface area (Å²) in [7, 11) is 0. The molecule has 4 aromatic rings. The third-order valence-corrected chi connectivity index (χ3v) is 4.27. The Morgan fingerprint density at radius 2 is 1.96 bits per heavy atom. The second kappa shape index (κ2) is 6.93. The number of nitrogens with zero attached hydrogens (tertiary/aromatic N) is 4. The van der Waals surface area contributed by atoms with Crippen LogP contribution in [0.1, 0.15) is 21.6 Å². The Bertz CT molecular complexity index is 1240. The van der Waals surface area contributed by atoms with E-state index in [1.807, 2.05) is 36.4 Å². The number of benzene rings is 2. The molecule has 0 aliphatic heterocycles. The minimum atomic E-state index is -0.477. The molecule has 0 atom stereocenters. The van der Waals surface area contributed by atoms with E-state index in [2.05, 4.69) is 15.4 Å². The summed E-state index contributed by atoms with van der Waals surface area (Å²) in [6, 6.07) is 16.9. The molecule has 0 aliphatic carbocycles. The third kappa shape index (κ3) is 3.08. The van der Waals surface area contributed by atoms with Gasteiger partial charge in [-0.05, 0) is 43.3 Å². The van der Waals surface area contributed by atoms with Crippen molar-refractivity contribution in [1.82, 2.24) is 14.8 Å². The molecule has 0 fully saturated rings. The molecular weight excluding hydrogens is 357 g/mol. The summed E-state index contributed by atoms with van der Waals surface area (Å²) in [4.78, 5) is 17.4. The van der Waals surface area contributed by atoms with Gasteiger partial charge >= 0.3 is 0 Å². The van der Waals surface area contributed by atoms with E-state index in [0.29, 0.717) is 22.3 Å². The number of nitrogens with one attached hydrogen (secondary N) is 1. The maximum absolute atomic E-state index is 13.7. The van der Waals surface area contributed by atoms with Crippen LogP contribution in [0.2, 0.25) is 0 Å². The summed E-state index contributed by atoms with van der Waals surface area (Å²) in [6.07, 6.45) is 1.39. The average Bonchev–Trinajstić information content (AvgIpc) is 3.10. The predicted octanol–water partition coefficient (Wildman–Crippen LogP) is 3.99. The van der Waals surface area contributed by atoms with Crippen LogP contribution < -0.4 is 5.32 Å². The molecule has 0 aliphatic rings. The Morgan fingerprint density at radius 1 is 1.18 bits per heavy atom. The molecule has 0 spiro atoms. The Kier molecular flexibility index (Phi) is 4.30. The summed E-state index contributed by atoms with van der Waals surface area (Å²) >= 11 is 0. The standard InChI is InChI=1S/C21H14FN5O/c1-13-9-18(17-10-15(22)7-8-19(17)25-13)21(28)26-20-14(11-23)12-24-27(20)16-5-3-2-4-6-16/h2-10,12H,1H3,(H,26,28). The van der Waals surface area contributed by atoms with E-state index in [4.69, 9.17) is 0 Å². The number of nitriles is 1. The molecule has 0 saturated carbocycles. The first-order valence-electron chi connectivity index (χ1n) is 8.48. The van der Waals surface area contributed by atoms with Gasteiger partial charge in [0.05, 0.1) is 23.0 Å². The number of amides is 1. The number of carbonyl (C=O) groups excluding carboxylic acids is 1. The fraction of sp³-hybridized carbons (Fsp3) is 0.0476. The lowest BCUT2D eigenvalue weighted by Crippen LogP contribution is -2.17. The predicted molar refractivity (Wildman–Crippen MR) is 103 cm³/mol. The first-order chi connectivity index (χ1) is 13.6. The number of pyridine rings is 1. The van der Waals surface area contributed by atoms with Crippen LogP contribution in [0.3, 0.4) is 0 Å². The first-order valence-corrected chi connectivity index (χ1v) is 8.48. The highest BCUT2D eigenvalue weighted by atomic mass is 19.1. The van der Waals surface area contributed by atoms with Crippen molar-refractivity contribution in [3.63, 3.8) is 0 Å². The van der Waals surface area contributed by atoms with Gasteiger partial charge in [-0.1, -0.05) is 18.2 Å². The van der Waals surface area contributed by atoms with Crippen LogP contribution in [0.25, 0.3) is 16.6 Å². The van der Waals surface area contributed by atoms with Crippen LogP contribution in [0.5, 0.6) is 0 Å². The van der Waals surface area contributed by atoms with Gasteiger partial charge in [-0.2, -0.15) is 10.4 Å². The van der Waals surface area contributed by atoms with Gasteiger partial charge in [-0.3, -0.25) is 9.78 Å². The zero-order chi connectivity index (χ0) is 19.7. The summed E-state index contributed by atoms with van der Waals surface area (Å²) < 4.78 is 15.2. The third-order valence-electron chi connectivity index (χ3n) is 4.27. The van der Waals surface area contributed by atoms with Crippen molar-refractivity contribution in [3.8, 4) is 11.8 Å². The molecular formula is C21H14FN5O. The number of anilines is 1. The number of aryl methyl sites for hydroxylation is 1. The fourth-order valence-electron chi connectivity index (χ4n) is 3.01.